The number of aromatic nitrogens is 8. The molecule has 192 valence electrons. The van der Waals surface area contributed by atoms with Crippen molar-refractivity contribution >= 4 is 43.9 Å². The van der Waals surface area contributed by atoms with Crippen molar-refractivity contribution in [3.63, 3.8) is 0 Å². The van der Waals surface area contributed by atoms with Crippen LogP contribution < -0.4 is 0 Å². The summed E-state index contributed by atoms with van der Waals surface area (Å²) in [5, 5.41) is 3.31. The number of hydrogen-bond donors (Lipinski definition) is 0. The zero-order valence-corrected chi connectivity index (χ0v) is 21.4. The molecule has 0 aromatic carbocycles. The first-order chi connectivity index (χ1) is 19.9. The van der Waals surface area contributed by atoms with Gasteiger partial charge in [-0.25, -0.2) is 9.97 Å². The molecule has 0 unspecified atom stereocenters. The standard InChI is InChI=1S/4C8H6N2/c1-3-7-8(9-5-1)4-2-6-10-7;1-3-7-4-2-6-10-8(7)9-5-1;1-2-7-6-9-5-3-8(7)10-4-1;1-2-7-3-5-9-6-8(7)10-4-1/h4*1-6H. The van der Waals surface area contributed by atoms with Gasteiger partial charge in [-0.1, -0.05) is 6.07 Å². The lowest BCUT2D eigenvalue weighted by Crippen LogP contribution is -1.78. The fourth-order valence-corrected chi connectivity index (χ4v) is 3.64. The zero-order chi connectivity index (χ0) is 27.2. The summed E-state index contributed by atoms with van der Waals surface area (Å²) in [6.07, 6.45) is 17.7. The van der Waals surface area contributed by atoms with E-state index in [4.69, 9.17) is 0 Å². The van der Waals surface area contributed by atoms with Gasteiger partial charge in [0.05, 0.1) is 28.3 Å². The number of rotatable bonds is 0. The quantitative estimate of drug-likeness (QED) is 0.223. The van der Waals surface area contributed by atoms with Crippen LogP contribution in [0.15, 0.2) is 147 Å². The highest BCUT2D eigenvalue weighted by atomic mass is 14.8. The summed E-state index contributed by atoms with van der Waals surface area (Å²) in [6, 6.07) is 27.2. The van der Waals surface area contributed by atoms with Crippen molar-refractivity contribution in [2.45, 2.75) is 0 Å². The molecule has 8 heteroatoms. The first-order valence-corrected chi connectivity index (χ1v) is 12.5. The van der Waals surface area contributed by atoms with Crippen molar-refractivity contribution in [3.8, 4) is 0 Å². The van der Waals surface area contributed by atoms with Crippen molar-refractivity contribution in [1.82, 2.24) is 39.9 Å². The summed E-state index contributed by atoms with van der Waals surface area (Å²) in [5.41, 5.74) is 4.66. The van der Waals surface area contributed by atoms with E-state index in [1.54, 1.807) is 55.8 Å². The molecule has 8 aromatic heterocycles. The van der Waals surface area contributed by atoms with Gasteiger partial charge in [-0.3, -0.25) is 29.9 Å². The van der Waals surface area contributed by atoms with E-state index in [-0.39, 0.29) is 0 Å². The zero-order valence-electron chi connectivity index (χ0n) is 21.4. The fraction of sp³-hybridized carbons (Fsp3) is 0. The SMILES string of the molecule is c1cnc2cccnc2c1.c1cnc2ccncc2c1.c1cnc2cnccc2c1.c1cnc2ncccc2c1. The van der Waals surface area contributed by atoms with Crippen LogP contribution in [0.25, 0.3) is 43.9 Å². The molecule has 40 heavy (non-hydrogen) atoms. The predicted octanol–water partition coefficient (Wildman–Crippen LogP) is 6.52. The third-order valence-corrected chi connectivity index (χ3v) is 5.56. The molecule has 8 nitrogen and oxygen atoms in total. The highest BCUT2D eigenvalue weighted by Gasteiger charge is 1.90. The van der Waals surface area contributed by atoms with Crippen molar-refractivity contribution in [3.05, 3.63) is 147 Å². The lowest BCUT2D eigenvalue weighted by molar-refractivity contribution is 1.29. The number of fused-ring (bicyclic) bond motifs is 4. The van der Waals surface area contributed by atoms with Crippen LogP contribution in [0, 0.1) is 0 Å². The summed E-state index contributed by atoms with van der Waals surface area (Å²) in [6.45, 7) is 0. The molecular weight excluding hydrogens is 496 g/mol. The van der Waals surface area contributed by atoms with Gasteiger partial charge in [-0.15, -0.1) is 0 Å². The third-order valence-electron chi connectivity index (χ3n) is 5.56. The number of hydrogen-bond acceptors (Lipinski definition) is 8. The lowest BCUT2D eigenvalue weighted by atomic mass is 10.3. The minimum absolute atomic E-state index is 0.810. The number of pyridine rings is 8. The van der Waals surface area contributed by atoms with Gasteiger partial charge < -0.3 is 0 Å². The Hall–Kier alpha value is -5.76. The summed E-state index contributed by atoms with van der Waals surface area (Å²) < 4.78 is 0. The van der Waals surface area contributed by atoms with Gasteiger partial charge in [-0.05, 0) is 78.9 Å². The van der Waals surface area contributed by atoms with Crippen LogP contribution in [0.4, 0.5) is 0 Å². The van der Waals surface area contributed by atoms with Gasteiger partial charge >= 0.3 is 0 Å². The molecule has 0 aliphatic heterocycles. The van der Waals surface area contributed by atoms with E-state index in [0.29, 0.717) is 0 Å². The molecule has 0 bridgehead atoms. The van der Waals surface area contributed by atoms with Crippen molar-refractivity contribution < 1.29 is 0 Å². The van der Waals surface area contributed by atoms with E-state index in [2.05, 4.69) is 39.9 Å². The molecule has 0 spiro atoms. The molecule has 0 saturated carbocycles. The summed E-state index contributed by atoms with van der Waals surface area (Å²) in [7, 11) is 0. The molecular formula is C32H24N8. The van der Waals surface area contributed by atoms with Crippen LogP contribution in [-0.2, 0) is 0 Å². The Morgan fingerprint density at radius 3 is 1.38 bits per heavy atom. The Balaban J connectivity index is 0.000000108. The Morgan fingerprint density at radius 2 is 0.775 bits per heavy atom. The molecule has 0 N–H and O–H groups in total. The molecule has 0 aliphatic carbocycles. The second-order valence-corrected chi connectivity index (χ2v) is 8.24. The summed E-state index contributed by atoms with van der Waals surface area (Å²) in [5.74, 6) is 0. The van der Waals surface area contributed by atoms with Crippen LogP contribution in [0.5, 0.6) is 0 Å². The molecule has 0 aliphatic rings. The van der Waals surface area contributed by atoms with Crippen molar-refractivity contribution in [2.24, 2.45) is 0 Å². The van der Waals surface area contributed by atoms with Gasteiger partial charge in [0, 0.05) is 71.9 Å². The first-order valence-electron chi connectivity index (χ1n) is 12.5. The van der Waals surface area contributed by atoms with Gasteiger partial charge in [0.25, 0.3) is 0 Å². The molecule has 0 fully saturated rings. The van der Waals surface area contributed by atoms with E-state index in [1.807, 2.05) is 91.1 Å². The topological polar surface area (TPSA) is 103 Å². The van der Waals surface area contributed by atoms with Gasteiger partial charge in [-0.2, -0.15) is 0 Å². The van der Waals surface area contributed by atoms with E-state index in [9.17, 15) is 0 Å². The monoisotopic (exact) mass is 520 g/mol. The average molecular weight is 521 g/mol. The van der Waals surface area contributed by atoms with E-state index < -0.39 is 0 Å². The lowest BCUT2D eigenvalue weighted by Gasteiger charge is -1.90. The molecule has 0 amide bonds. The van der Waals surface area contributed by atoms with Gasteiger partial charge in [0.2, 0.25) is 0 Å². The normalized spacial score (nSPS) is 10.0. The Kier molecular flexibility index (Phi) is 8.85. The smallest absolute Gasteiger partial charge is 0.159 e. The highest BCUT2D eigenvalue weighted by Crippen LogP contribution is 2.07. The first kappa shape index (κ1) is 25.9. The van der Waals surface area contributed by atoms with E-state index >= 15 is 0 Å². The Morgan fingerprint density at radius 1 is 0.300 bits per heavy atom. The second kappa shape index (κ2) is 13.7. The van der Waals surface area contributed by atoms with E-state index in [0.717, 1.165) is 43.9 Å². The van der Waals surface area contributed by atoms with Crippen LogP contribution in [0.2, 0.25) is 0 Å². The molecule has 0 radical (unpaired) electrons. The van der Waals surface area contributed by atoms with Crippen molar-refractivity contribution in [1.29, 1.82) is 0 Å². The average Bonchev–Trinajstić information content (AvgIpc) is 3.06. The fourth-order valence-electron chi connectivity index (χ4n) is 3.64. The van der Waals surface area contributed by atoms with Gasteiger partial charge in [0.1, 0.15) is 0 Å². The van der Waals surface area contributed by atoms with Crippen molar-refractivity contribution in [2.75, 3.05) is 0 Å². The Bertz CT molecular complexity index is 1400. The minimum atomic E-state index is 0.810. The molecule has 8 aromatic rings. The molecule has 0 atom stereocenters. The van der Waals surface area contributed by atoms with E-state index in [1.165, 1.54) is 0 Å². The van der Waals surface area contributed by atoms with Crippen LogP contribution in [-0.4, -0.2) is 39.9 Å². The summed E-state index contributed by atoms with van der Waals surface area (Å²) in [4.78, 5) is 32.6. The summed E-state index contributed by atoms with van der Waals surface area (Å²) >= 11 is 0. The molecule has 8 heterocycles. The maximum atomic E-state index is 4.14. The minimum Gasteiger partial charge on any atom is -0.264 e. The molecule has 8 rings (SSSR count). The van der Waals surface area contributed by atoms with Crippen LogP contribution in [0.1, 0.15) is 0 Å². The Labute approximate surface area is 230 Å². The van der Waals surface area contributed by atoms with Gasteiger partial charge in [0.15, 0.2) is 5.65 Å². The second-order valence-electron chi connectivity index (χ2n) is 8.24. The highest BCUT2D eigenvalue weighted by molar-refractivity contribution is 5.77. The third kappa shape index (κ3) is 7.17. The maximum Gasteiger partial charge on any atom is 0.159 e. The van der Waals surface area contributed by atoms with Crippen LogP contribution >= 0.6 is 0 Å². The molecule has 0 saturated heterocycles. The largest absolute Gasteiger partial charge is 0.264 e. The van der Waals surface area contributed by atoms with Crippen LogP contribution in [0.3, 0.4) is 0 Å². The predicted molar refractivity (Wildman–Crippen MR) is 158 cm³/mol. The maximum absolute atomic E-state index is 4.14. The number of nitrogens with zero attached hydrogens (tertiary/aromatic N) is 8.